The molecule has 1 aliphatic heterocycles. The number of rotatable bonds is 7. The van der Waals surface area contributed by atoms with Crippen LogP contribution in [-0.2, 0) is 4.74 Å². The Morgan fingerprint density at radius 1 is 1.12 bits per heavy atom. The van der Waals surface area contributed by atoms with Gasteiger partial charge in [-0.1, -0.05) is 13.8 Å². The molecular formula is C18H31N5O2. The smallest absolute Gasteiger partial charge is 0.409 e. The summed E-state index contributed by atoms with van der Waals surface area (Å²) in [7, 11) is 0. The molecule has 0 bridgehead atoms. The molecule has 2 heterocycles. The first-order chi connectivity index (χ1) is 12.1. The van der Waals surface area contributed by atoms with Gasteiger partial charge in [0, 0.05) is 45.3 Å². The lowest BCUT2D eigenvalue weighted by molar-refractivity contribution is 0.105. The number of carbonyl (C=O) groups excluding carboxylic acids is 1. The van der Waals surface area contributed by atoms with Crippen LogP contribution in [0.25, 0.3) is 0 Å². The fraction of sp³-hybridized carbons (Fsp3) is 0.722. The molecular weight excluding hydrogens is 318 g/mol. The summed E-state index contributed by atoms with van der Waals surface area (Å²) in [5.74, 6) is 2.74. The van der Waals surface area contributed by atoms with Crippen LogP contribution in [0.3, 0.4) is 0 Å². The van der Waals surface area contributed by atoms with Gasteiger partial charge in [0.1, 0.15) is 17.5 Å². The van der Waals surface area contributed by atoms with Gasteiger partial charge >= 0.3 is 6.09 Å². The number of hydrogen-bond acceptors (Lipinski definition) is 6. The normalized spacial score (nSPS) is 14.6. The Balaban J connectivity index is 2.08. The van der Waals surface area contributed by atoms with Crippen LogP contribution in [0.2, 0.25) is 0 Å². The van der Waals surface area contributed by atoms with Crippen molar-refractivity contribution in [3.63, 3.8) is 0 Å². The van der Waals surface area contributed by atoms with Gasteiger partial charge in [0.25, 0.3) is 0 Å². The summed E-state index contributed by atoms with van der Waals surface area (Å²) in [5, 5.41) is 0. The third kappa shape index (κ3) is 5.21. The highest BCUT2D eigenvalue weighted by atomic mass is 16.6. The summed E-state index contributed by atoms with van der Waals surface area (Å²) in [5.41, 5.74) is 0. The zero-order valence-corrected chi connectivity index (χ0v) is 16.0. The van der Waals surface area contributed by atoms with Gasteiger partial charge in [-0.15, -0.1) is 0 Å². The van der Waals surface area contributed by atoms with Gasteiger partial charge in [0.2, 0.25) is 0 Å². The zero-order valence-electron chi connectivity index (χ0n) is 16.0. The van der Waals surface area contributed by atoms with Crippen LogP contribution in [0.5, 0.6) is 0 Å². The van der Waals surface area contributed by atoms with E-state index in [1.165, 1.54) is 0 Å². The molecule has 1 aromatic heterocycles. The van der Waals surface area contributed by atoms with Gasteiger partial charge in [-0.2, -0.15) is 0 Å². The SMILES string of the molecule is CCCN(CCC)c1cc(N2CCN(C(=O)OCC)CC2)nc(C)n1. The predicted octanol–water partition coefficient (Wildman–Crippen LogP) is 2.69. The number of piperazine rings is 1. The topological polar surface area (TPSA) is 61.8 Å². The minimum absolute atomic E-state index is 0.223. The minimum atomic E-state index is -0.223. The van der Waals surface area contributed by atoms with Crippen molar-refractivity contribution in [2.24, 2.45) is 0 Å². The zero-order chi connectivity index (χ0) is 18.2. The van der Waals surface area contributed by atoms with E-state index in [1.807, 2.05) is 13.8 Å². The van der Waals surface area contributed by atoms with Gasteiger partial charge in [-0.05, 0) is 26.7 Å². The number of anilines is 2. The van der Waals surface area contributed by atoms with E-state index < -0.39 is 0 Å². The van der Waals surface area contributed by atoms with Crippen molar-refractivity contribution in [3.8, 4) is 0 Å². The highest BCUT2D eigenvalue weighted by Gasteiger charge is 2.23. The van der Waals surface area contributed by atoms with Crippen LogP contribution >= 0.6 is 0 Å². The highest BCUT2D eigenvalue weighted by Crippen LogP contribution is 2.21. The molecule has 0 radical (unpaired) electrons. The molecule has 0 atom stereocenters. The van der Waals surface area contributed by atoms with Crippen molar-refractivity contribution in [2.45, 2.75) is 40.5 Å². The maximum Gasteiger partial charge on any atom is 0.409 e. The number of amides is 1. The standard InChI is InChI=1S/C18H31N5O2/c1-5-8-21(9-6-2)16-14-17(20-15(4)19-16)22-10-12-23(13-11-22)18(24)25-7-3/h14H,5-13H2,1-4H3. The summed E-state index contributed by atoms with van der Waals surface area (Å²) >= 11 is 0. The van der Waals surface area contributed by atoms with Crippen molar-refractivity contribution >= 4 is 17.7 Å². The quantitative estimate of drug-likeness (QED) is 0.754. The molecule has 1 saturated heterocycles. The van der Waals surface area contributed by atoms with E-state index in [9.17, 15) is 4.79 Å². The van der Waals surface area contributed by atoms with E-state index in [0.29, 0.717) is 19.7 Å². The Bertz CT molecular complexity index is 552. The monoisotopic (exact) mass is 349 g/mol. The molecule has 2 rings (SSSR count). The molecule has 7 nitrogen and oxygen atoms in total. The Morgan fingerprint density at radius 3 is 2.32 bits per heavy atom. The second kappa shape index (κ2) is 9.44. The van der Waals surface area contributed by atoms with Gasteiger partial charge in [0.05, 0.1) is 6.61 Å². The molecule has 0 spiro atoms. The van der Waals surface area contributed by atoms with E-state index in [-0.39, 0.29) is 6.09 Å². The second-order valence-electron chi connectivity index (χ2n) is 6.29. The van der Waals surface area contributed by atoms with Crippen LogP contribution in [0.4, 0.5) is 16.4 Å². The number of ether oxygens (including phenoxy) is 1. The van der Waals surface area contributed by atoms with E-state index in [0.717, 1.165) is 56.5 Å². The Morgan fingerprint density at radius 2 is 1.76 bits per heavy atom. The van der Waals surface area contributed by atoms with Crippen LogP contribution in [0.15, 0.2) is 6.07 Å². The first-order valence-electron chi connectivity index (χ1n) is 9.36. The number of aryl methyl sites for hydroxylation is 1. The summed E-state index contributed by atoms with van der Waals surface area (Å²) in [6, 6.07) is 2.08. The van der Waals surface area contributed by atoms with Crippen molar-refractivity contribution in [2.75, 3.05) is 55.7 Å². The van der Waals surface area contributed by atoms with Crippen molar-refractivity contribution < 1.29 is 9.53 Å². The Hall–Kier alpha value is -2.05. The third-order valence-electron chi connectivity index (χ3n) is 4.25. The molecule has 1 aliphatic rings. The molecule has 140 valence electrons. The number of nitrogens with zero attached hydrogens (tertiary/aromatic N) is 5. The predicted molar refractivity (Wildman–Crippen MR) is 100 cm³/mol. The van der Waals surface area contributed by atoms with E-state index in [2.05, 4.69) is 39.7 Å². The Labute approximate surface area is 151 Å². The molecule has 1 amide bonds. The summed E-state index contributed by atoms with van der Waals surface area (Å²) < 4.78 is 5.08. The lowest BCUT2D eigenvalue weighted by atomic mass is 10.3. The number of aromatic nitrogens is 2. The van der Waals surface area contributed by atoms with Gasteiger partial charge in [-0.25, -0.2) is 14.8 Å². The van der Waals surface area contributed by atoms with E-state index >= 15 is 0 Å². The summed E-state index contributed by atoms with van der Waals surface area (Å²) in [4.78, 5) is 27.4. The van der Waals surface area contributed by atoms with Crippen LogP contribution in [0, 0.1) is 6.92 Å². The van der Waals surface area contributed by atoms with Gasteiger partial charge in [0.15, 0.2) is 0 Å². The van der Waals surface area contributed by atoms with Crippen molar-refractivity contribution in [1.82, 2.24) is 14.9 Å². The highest BCUT2D eigenvalue weighted by molar-refractivity contribution is 5.68. The average Bonchev–Trinajstić information content (AvgIpc) is 2.61. The Kier molecular flexibility index (Phi) is 7.28. The maximum absolute atomic E-state index is 11.8. The molecule has 0 aliphatic carbocycles. The molecule has 0 aromatic carbocycles. The van der Waals surface area contributed by atoms with Crippen LogP contribution in [0.1, 0.15) is 39.4 Å². The summed E-state index contributed by atoms with van der Waals surface area (Å²) in [6.07, 6.45) is 1.96. The van der Waals surface area contributed by atoms with E-state index in [1.54, 1.807) is 4.90 Å². The number of hydrogen-bond donors (Lipinski definition) is 0. The maximum atomic E-state index is 11.8. The molecule has 7 heteroatoms. The molecule has 0 N–H and O–H groups in total. The molecule has 0 saturated carbocycles. The fourth-order valence-electron chi connectivity index (χ4n) is 3.07. The number of carbonyl (C=O) groups is 1. The first kappa shape index (κ1) is 19.3. The average molecular weight is 349 g/mol. The lowest BCUT2D eigenvalue weighted by Gasteiger charge is -2.35. The van der Waals surface area contributed by atoms with Gasteiger partial charge < -0.3 is 19.4 Å². The summed E-state index contributed by atoms with van der Waals surface area (Å²) in [6.45, 7) is 13.4. The minimum Gasteiger partial charge on any atom is -0.450 e. The van der Waals surface area contributed by atoms with Gasteiger partial charge in [-0.3, -0.25) is 0 Å². The van der Waals surface area contributed by atoms with Crippen LogP contribution < -0.4 is 9.80 Å². The van der Waals surface area contributed by atoms with E-state index in [4.69, 9.17) is 4.74 Å². The molecule has 1 aromatic rings. The van der Waals surface area contributed by atoms with Crippen molar-refractivity contribution in [3.05, 3.63) is 11.9 Å². The third-order valence-corrected chi connectivity index (χ3v) is 4.25. The first-order valence-corrected chi connectivity index (χ1v) is 9.36. The fourth-order valence-corrected chi connectivity index (χ4v) is 3.07. The lowest BCUT2D eigenvalue weighted by Crippen LogP contribution is -2.49. The molecule has 1 fully saturated rings. The van der Waals surface area contributed by atoms with Crippen LogP contribution in [-0.4, -0.2) is 66.8 Å². The molecule has 0 unspecified atom stereocenters. The molecule has 25 heavy (non-hydrogen) atoms. The van der Waals surface area contributed by atoms with Crippen molar-refractivity contribution in [1.29, 1.82) is 0 Å². The largest absolute Gasteiger partial charge is 0.450 e. The second-order valence-corrected chi connectivity index (χ2v) is 6.29.